The number of halogens is 2. The Hall–Kier alpha value is -1.58. The van der Waals surface area contributed by atoms with Crippen molar-refractivity contribution in [3.05, 3.63) is 63.9 Å². The molecule has 1 unspecified atom stereocenters. The van der Waals surface area contributed by atoms with E-state index >= 15 is 0 Å². The molecule has 0 saturated heterocycles. The van der Waals surface area contributed by atoms with Crippen LogP contribution in [0, 0.1) is 12.7 Å². The Bertz CT molecular complexity index is 593. The molecule has 106 valence electrons. The van der Waals surface area contributed by atoms with Gasteiger partial charge in [-0.25, -0.2) is 4.39 Å². The number of aryl methyl sites for hydroxylation is 1. The minimum absolute atomic E-state index is 0.273. The summed E-state index contributed by atoms with van der Waals surface area (Å²) in [7, 11) is 1.58. The van der Waals surface area contributed by atoms with E-state index in [4.69, 9.17) is 16.3 Å². The molecule has 2 aromatic rings. The maximum atomic E-state index is 13.3. The highest BCUT2D eigenvalue weighted by Gasteiger charge is 2.14. The highest BCUT2D eigenvalue weighted by Crippen LogP contribution is 2.27. The molecule has 0 saturated carbocycles. The van der Waals surface area contributed by atoms with Crippen LogP contribution < -0.4 is 4.74 Å². The second-order valence-corrected chi connectivity index (χ2v) is 5.17. The summed E-state index contributed by atoms with van der Waals surface area (Å²) in [5.41, 5.74) is 2.41. The number of rotatable bonds is 4. The zero-order valence-corrected chi connectivity index (χ0v) is 12.1. The molecule has 4 heteroatoms. The van der Waals surface area contributed by atoms with E-state index in [1.54, 1.807) is 13.2 Å². The zero-order valence-electron chi connectivity index (χ0n) is 11.4. The maximum Gasteiger partial charge on any atom is 0.125 e. The number of ether oxygens (including phenoxy) is 1. The fraction of sp³-hybridized carbons (Fsp3) is 0.250. The summed E-state index contributed by atoms with van der Waals surface area (Å²) in [5.74, 6) is 0.250. The van der Waals surface area contributed by atoms with Crippen LogP contribution in [0.1, 0.15) is 22.8 Å². The Morgan fingerprint density at radius 3 is 2.65 bits per heavy atom. The van der Waals surface area contributed by atoms with Crippen molar-refractivity contribution in [3.63, 3.8) is 0 Å². The zero-order chi connectivity index (χ0) is 14.7. The number of benzene rings is 2. The van der Waals surface area contributed by atoms with Gasteiger partial charge in [-0.3, -0.25) is 0 Å². The van der Waals surface area contributed by atoms with Crippen LogP contribution in [0.4, 0.5) is 4.39 Å². The van der Waals surface area contributed by atoms with Gasteiger partial charge in [0.05, 0.1) is 13.2 Å². The molecular weight excluding hydrogens is 279 g/mol. The average Bonchev–Trinajstić information content (AvgIpc) is 2.37. The van der Waals surface area contributed by atoms with Crippen LogP contribution in [0.2, 0.25) is 5.02 Å². The SMILES string of the molecule is COc1ccc(C)cc1CC(O)c1cc(F)cc(Cl)c1. The third kappa shape index (κ3) is 3.50. The van der Waals surface area contributed by atoms with Gasteiger partial charge in [0.2, 0.25) is 0 Å². The van der Waals surface area contributed by atoms with E-state index in [9.17, 15) is 9.50 Å². The Labute approximate surface area is 122 Å². The van der Waals surface area contributed by atoms with Crippen LogP contribution in [0.5, 0.6) is 5.75 Å². The summed E-state index contributed by atoms with van der Waals surface area (Å²) in [5, 5.41) is 10.5. The van der Waals surface area contributed by atoms with E-state index in [1.165, 1.54) is 12.1 Å². The summed E-state index contributed by atoms with van der Waals surface area (Å²) in [6, 6.07) is 9.81. The quantitative estimate of drug-likeness (QED) is 0.921. The molecular formula is C16H16ClFO2. The van der Waals surface area contributed by atoms with Crippen molar-refractivity contribution in [1.82, 2.24) is 0 Å². The van der Waals surface area contributed by atoms with Crippen molar-refractivity contribution in [2.24, 2.45) is 0 Å². The van der Waals surface area contributed by atoms with Gasteiger partial charge in [0.25, 0.3) is 0 Å². The van der Waals surface area contributed by atoms with Gasteiger partial charge in [0.15, 0.2) is 0 Å². The van der Waals surface area contributed by atoms with Crippen molar-refractivity contribution < 1.29 is 14.2 Å². The van der Waals surface area contributed by atoms with E-state index < -0.39 is 11.9 Å². The number of hydrogen-bond acceptors (Lipinski definition) is 2. The molecule has 2 nitrogen and oxygen atoms in total. The lowest BCUT2D eigenvalue weighted by Gasteiger charge is -2.15. The molecule has 1 N–H and O–H groups in total. The Kier molecular flexibility index (Phi) is 4.63. The minimum Gasteiger partial charge on any atom is -0.496 e. The van der Waals surface area contributed by atoms with E-state index in [2.05, 4.69) is 0 Å². The van der Waals surface area contributed by atoms with E-state index in [-0.39, 0.29) is 5.02 Å². The predicted octanol–water partition coefficient (Wildman–Crippen LogP) is 4.07. The Morgan fingerprint density at radius 2 is 2.00 bits per heavy atom. The van der Waals surface area contributed by atoms with Crippen LogP contribution in [0.3, 0.4) is 0 Å². The van der Waals surface area contributed by atoms with Crippen molar-refractivity contribution in [3.8, 4) is 5.75 Å². The lowest BCUT2D eigenvalue weighted by Crippen LogP contribution is -2.04. The van der Waals surface area contributed by atoms with Crippen LogP contribution in [0.25, 0.3) is 0 Å². The Balaban J connectivity index is 2.27. The fourth-order valence-electron chi connectivity index (χ4n) is 2.16. The molecule has 0 aliphatic rings. The number of hydrogen-bond donors (Lipinski definition) is 1. The minimum atomic E-state index is -0.834. The van der Waals surface area contributed by atoms with E-state index in [0.717, 1.165) is 11.1 Å². The van der Waals surface area contributed by atoms with Gasteiger partial charge in [-0.2, -0.15) is 0 Å². The summed E-state index contributed by atoms with van der Waals surface area (Å²) in [4.78, 5) is 0. The van der Waals surface area contributed by atoms with Gasteiger partial charge < -0.3 is 9.84 Å². The van der Waals surface area contributed by atoms with Crippen LogP contribution >= 0.6 is 11.6 Å². The number of aliphatic hydroxyl groups excluding tert-OH is 1. The normalized spacial score (nSPS) is 12.2. The summed E-state index contributed by atoms with van der Waals surface area (Å²) >= 11 is 5.81. The Morgan fingerprint density at radius 1 is 1.25 bits per heavy atom. The summed E-state index contributed by atoms with van der Waals surface area (Å²) < 4.78 is 18.6. The maximum absolute atomic E-state index is 13.3. The van der Waals surface area contributed by atoms with Crippen molar-refractivity contribution in [2.45, 2.75) is 19.4 Å². The van der Waals surface area contributed by atoms with Gasteiger partial charge in [-0.05, 0) is 42.3 Å². The topological polar surface area (TPSA) is 29.5 Å². The number of methoxy groups -OCH3 is 1. The first-order chi connectivity index (χ1) is 9.49. The first-order valence-electron chi connectivity index (χ1n) is 6.27. The smallest absolute Gasteiger partial charge is 0.125 e. The predicted molar refractivity (Wildman–Crippen MR) is 77.8 cm³/mol. The van der Waals surface area contributed by atoms with E-state index in [0.29, 0.717) is 17.7 Å². The molecule has 1 atom stereocenters. The summed E-state index contributed by atoms with van der Waals surface area (Å²) in [6.07, 6.45) is -0.496. The van der Waals surface area contributed by atoms with Gasteiger partial charge in [0, 0.05) is 11.4 Å². The van der Waals surface area contributed by atoms with Gasteiger partial charge in [0.1, 0.15) is 11.6 Å². The van der Waals surface area contributed by atoms with Crippen LogP contribution in [-0.4, -0.2) is 12.2 Å². The van der Waals surface area contributed by atoms with Crippen molar-refractivity contribution in [2.75, 3.05) is 7.11 Å². The fourth-order valence-corrected chi connectivity index (χ4v) is 2.39. The van der Waals surface area contributed by atoms with Crippen LogP contribution in [0.15, 0.2) is 36.4 Å². The molecule has 0 radical (unpaired) electrons. The third-order valence-electron chi connectivity index (χ3n) is 3.12. The lowest BCUT2D eigenvalue weighted by molar-refractivity contribution is 0.177. The van der Waals surface area contributed by atoms with Crippen molar-refractivity contribution >= 4 is 11.6 Å². The molecule has 0 aliphatic carbocycles. The molecule has 0 heterocycles. The molecule has 2 rings (SSSR count). The monoisotopic (exact) mass is 294 g/mol. The van der Waals surface area contributed by atoms with Gasteiger partial charge in [-0.15, -0.1) is 0 Å². The van der Waals surface area contributed by atoms with E-state index in [1.807, 2.05) is 25.1 Å². The first kappa shape index (κ1) is 14.8. The van der Waals surface area contributed by atoms with Gasteiger partial charge in [-0.1, -0.05) is 29.3 Å². The molecule has 0 aromatic heterocycles. The standard InChI is InChI=1S/C16H16ClFO2/c1-10-3-4-16(20-2)12(5-10)8-15(19)11-6-13(17)9-14(18)7-11/h3-7,9,15,19H,8H2,1-2H3. The number of aliphatic hydroxyl groups is 1. The van der Waals surface area contributed by atoms with Gasteiger partial charge >= 0.3 is 0 Å². The molecule has 0 spiro atoms. The lowest BCUT2D eigenvalue weighted by atomic mass is 9.99. The summed E-state index contributed by atoms with van der Waals surface area (Å²) in [6.45, 7) is 1.97. The highest BCUT2D eigenvalue weighted by atomic mass is 35.5. The van der Waals surface area contributed by atoms with Crippen LogP contribution in [-0.2, 0) is 6.42 Å². The molecule has 0 bridgehead atoms. The molecule has 20 heavy (non-hydrogen) atoms. The van der Waals surface area contributed by atoms with Crippen molar-refractivity contribution in [1.29, 1.82) is 0 Å². The first-order valence-corrected chi connectivity index (χ1v) is 6.65. The molecule has 0 aliphatic heterocycles. The highest BCUT2D eigenvalue weighted by molar-refractivity contribution is 6.30. The second kappa shape index (κ2) is 6.25. The second-order valence-electron chi connectivity index (χ2n) is 4.74. The third-order valence-corrected chi connectivity index (χ3v) is 3.34. The average molecular weight is 295 g/mol. The largest absolute Gasteiger partial charge is 0.496 e. The molecule has 2 aromatic carbocycles. The molecule has 0 amide bonds. The molecule has 0 fully saturated rings.